The summed E-state index contributed by atoms with van der Waals surface area (Å²) in [5.41, 5.74) is 4.44. The molecule has 0 radical (unpaired) electrons. The molecule has 1 saturated heterocycles. The van der Waals surface area contributed by atoms with Gasteiger partial charge < -0.3 is 31.1 Å². The third-order valence-corrected chi connectivity index (χ3v) is 3.00. The van der Waals surface area contributed by atoms with Gasteiger partial charge in [-0.2, -0.15) is 0 Å². The predicted octanol–water partition coefficient (Wildman–Crippen LogP) is -1.91. The second-order valence-electron chi connectivity index (χ2n) is 4.80. The molecule has 0 aromatic heterocycles. The third kappa shape index (κ3) is 6.33. The van der Waals surface area contributed by atoms with E-state index in [1.54, 1.807) is 14.0 Å². The molecular formula is C11H24BN3O5. The van der Waals surface area contributed by atoms with Crippen molar-refractivity contribution in [3.05, 3.63) is 0 Å². The molecule has 0 aromatic rings. The van der Waals surface area contributed by atoms with Crippen molar-refractivity contribution in [2.24, 2.45) is 5.73 Å². The van der Waals surface area contributed by atoms with Crippen molar-refractivity contribution in [2.45, 2.75) is 31.6 Å². The van der Waals surface area contributed by atoms with Gasteiger partial charge in [-0.25, -0.2) is 0 Å². The number of hydrogen-bond acceptors (Lipinski definition) is 6. The lowest BCUT2D eigenvalue weighted by molar-refractivity contribution is -0.147. The van der Waals surface area contributed by atoms with Crippen molar-refractivity contribution in [3.63, 3.8) is 0 Å². The van der Waals surface area contributed by atoms with E-state index in [1.165, 1.54) is 4.90 Å². The van der Waals surface area contributed by atoms with Gasteiger partial charge in [-0.05, 0) is 26.2 Å². The lowest BCUT2D eigenvalue weighted by Gasteiger charge is -2.37. The maximum absolute atomic E-state index is 11.5. The van der Waals surface area contributed by atoms with Gasteiger partial charge in [0.05, 0.1) is 6.54 Å². The second kappa shape index (κ2) is 8.91. The molecule has 1 atom stereocenters. The number of carbonyl (C=O) groups excluding carboxylic acids is 1. The Morgan fingerprint density at radius 3 is 2.40 bits per heavy atom. The van der Waals surface area contributed by atoms with E-state index in [2.05, 4.69) is 5.32 Å². The Hall–Kier alpha value is -1.16. The highest BCUT2D eigenvalue weighted by Crippen LogP contribution is 2.18. The van der Waals surface area contributed by atoms with Gasteiger partial charge >= 0.3 is 13.1 Å². The summed E-state index contributed by atoms with van der Waals surface area (Å²) < 4.78 is 0. The summed E-state index contributed by atoms with van der Waals surface area (Å²) >= 11 is 0. The van der Waals surface area contributed by atoms with Crippen molar-refractivity contribution in [3.8, 4) is 0 Å². The highest BCUT2D eigenvalue weighted by atomic mass is 16.4. The van der Waals surface area contributed by atoms with Crippen molar-refractivity contribution < 1.29 is 24.7 Å². The number of carboxylic acids is 1. The van der Waals surface area contributed by atoms with Crippen LogP contribution in [-0.4, -0.2) is 71.3 Å². The molecule has 6 N–H and O–H groups in total. The minimum absolute atomic E-state index is 0.100. The molecule has 1 aliphatic rings. The number of nitrogens with zero attached hydrogens (tertiary/aromatic N) is 1. The fraction of sp³-hybridized carbons (Fsp3) is 0.818. The highest BCUT2D eigenvalue weighted by molar-refractivity contribution is 6.40. The lowest BCUT2D eigenvalue weighted by Crippen LogP contribution is -2.61. The molecular weight excluding hydrogens is 265 g/mol. The minimum atomic E-state index is -1.28. The summed E-state index contributed by atoms with van der Waals surface area (Å²) in [6.07, 6.45) is 1.48. The van der Waals surface area contributed by atoms with Crippen LogP contribution in [0.5, 0.6) is 0 Å². The standard InChI is InChI=1S/C9H17N3O3.C2H7BO2/c1-11-5-7(13)12-4-2-3-9(10,6-12)8(14)15;1-2-3(4)5/h11H,2-6,10H2,1H3,(H,14,15);4-5H,2H2,1H3/t9-;/m1./s1. The van der Waals surface area contributed by atoms with Crippen LogP contribution in [-0.2, 0) is 9.59 Å². The highest BCUT2D eigenvalue weighted by Gasteiger charge is 2.39. The molecule has 0 aliphatic carbocycles. The molecule has 0 spiro atoms. The quantitative estimate of drug-likeness (QED) is 0.381. The van der Waals surface area contributed by atoms with Crippen LogP contribution in [0.3, 0.4) is 0 Å². The topological polar surface area (TPSA) is 136 Å². The first kappa shape index (κ1) is 18.8. The number of rotatable bonds is 4. The number of nitrogens with one attached hydrogen (secondary N) is 1. The van der Waals surface area contributed by atoms with Crippen LogP contribution in [0.1, 0.15) is 19.8 Å². The lowest BCUT2D eigenvalue weighted by atomic mass is 9.88. The number of amides is 1. The van der Waals surface area contributed by atoms with Gasteiger partial charge in [0.1, 0.15) is 5.54 Å². The molecule has 20 heavy (non-hydrogen) atoms. The van der Waals surface area contributed by atoms with E-state index >= 15 is 0 Å². The molecule has 8 nitrogen and oxygen atoms in total. The van der Waals surface area contributed by atoms with Gasteiger partial charge in [-0.15, -0.1) is 0 Å². The molecule has 9 heteroatoms. The van der Waals surface area contributed by atoms with Gasteiger partial charge in [-0.3, -0.25) is 9.59 Å². The Balaban J connectivity index is 0.000000621. The molecule has 0 saturated carbocycles. The number of nitrogens with two attached hydrogens (primary N) is 1. The second-order valence-corrected chi connectivity index (χ2v) is 4.80. The average molecular weight is 289 g/mol. The maximum atomic E-state index is 11.5. The van der Waals surface area contributed by atoms with E-state index < -0.39 is 18.6 Å². The van der Waals surface area contributed by atoms with E-state index in [1.807, 2.05) is 0 Å². The van der Waals surface area contributed by atoms with Gasteiger partial charge in [0.15, 0.2) is 0 Å². The fourth-order valence-electron chi connectivity index (χ4n) is 1.73. The number of carboxylic acid groups (broad SMARTS) is 1. The zero-order valence-electron chi connectivity index (χ0n) is 12.0. The molecule has 1 heterocycles. The Kier molecular flexibility index (Phi) is 8.39. The monoisotopic (exact) mass is 289 g/mol. The molecule has 1 fully saturated rings. The SMILES string of the molecule is CCB(O)O.CNCC(=O)N1CCC[C@](N)(C(=O)O)C1. The van der Waals surface area contributed by atoms with Crippen molar-refractivity contribution >= 4 is 19.0 Å². The number of likely N-dealkylation sites (N-methyl/N-ethyl adjacent to an activating group) is 1. The predicted molar refractivity (Wildman–Crippen MR) is 75.0 cm³/mol. The summed E-state index contributed by atoms with van der Waals surface area (Å²) in [4.78, 5) is 24.0. The van der Waals surface area contributed by atoms with Crippen LogP contribution in [0, 0.1) is 0 Å². The summed E-state index contributed by atoms with van der Waals surface area (Å²) in [5.74, 6) is -1.14. The zero-order valence-corrected chi connectivity index (χ0v) is 12.0. The van der Waals surface area contributed by atoms with E-state index in [-0.39, 0.29) is 19.0 Å². The minimum Gasteiger partial charge on any atom is -0.480 e. The Morgan fingerprint density at radius 2 is 2.00 bits per heavy atom. The smallest absolute Gasteiger partial charge is 0.451 e. The first-order valence-corrected chi connectivity index (χ1v) is 6.57. The normalized spacial score (nSPS) is 21.8. The summed E-state index contributed by atoms with van der Waals surface area (Å²) in [5, 5.41) is 27.5. The van der Waals surface area contributed by atoms with Gasteiger partial charge in [0.2, 0.25) is 5.91 Å². The van der Waals surface area contributed by atoms with Crippen LogP contribution in [0.4, 0.5) is 0 Å². The number of carbonyl (C=O) groups is 2. The maximum Gasteiger partial charge on any atom is 0.451 e. The van der Waals surface area contributed by atoms with Crippen LogP contribution in [0.2, 0.25) is 6.32 Å². The van der Waals surface area contributed by atoms with Gasteiger partial charge in [-0.1, -0.05) is 6.92 Å². The molecule has 1 amide bonds. The molecule has 0 bridgehead atoms. The number of hydrogen-bond donors (Lipinski definition) is 5. The Bertz CT molecular complexity index is 329. The molecule has 0 aromatic carbocycles. The average Bonchev–Trinajstić information content (AvgIpc) is 2.39. The number of piperidine rings is 1. The van der Waals surface area contributed by atoms with Gasteiger partial charge in [0.25, 0.3) is 0 Å². The van der Waals surface area contributed by atoms with Gasteiger partial charge in [0, 0.05) is 13.1 Å². The first-order valence-electron chi connectivity index (χ1n) is 6.57. The van der Waals surface area contributed by atoms with E-state index in [4.69, 9.17) is 20.9 Å². The van der Waals surface area contributed by atoms with Crippen LogP contribution in [0.15, 0.2) is 0 Å². The van der Waals surface area contributed by atoms with Crippen LogP contribution in [0.25, 0.3) is 0 Å². The Labute approximate surface area is 119 Å². The zero-order chi connectivity index (χ0) is 15.8. The fourth-order valence-corrected chi connectivity index (χ4v) is 1.73. The molecule has 1 aliphatic heterocycles. The first-order chi connectivity index (χ1) is 9.26. The number of aliphatic carboxylic acids is 1. The van der Waals surface area contributed by atoms with Crippen LogP contribution >= 0.6 is 0 Å². The molecule has 0 unspecified atom stereocenters. The van der Waals surface area contributed by atoms with E-state index in [0.717, 1.165) is 0 Å². The van der Waals surface area contributed by atoms with Crippen molar-refractivity contribution in [2.75, 3.05) is 26.7 Å². The van der Waals surface area contributed by atoms with E-state index in [9.17, 15) is 9.59 Å². The van der Waals surface area contributed by atoms with Crippen molar-refractivity contribution in [1.82, 2.24) is 10.2 Å². The third-order valence-electron chi connectivity index (χ3n) is 3.00. The summed E-state index contributed by atoms with van der Waals surface area (Å²) in [6, 6.07) is 0. The van der Waals surface area contributed by atoms with Crippen molar-refractivity contribution in [1.29, 1.82) is 0 Å². The molecule has 116 valence electrons. The van der Waals surface area contributed by atoms with Crippen LogP contribution < -0.4 is 11.1 Å². The Morgan fingerprint density at radius 1 is 1.45 bits per heavy atom. The molecule has 1 rings (SSSR count). The van der Waals surface area contributed by atoms with E-state index in [0.29, 0.717) is 25.7 Å². The summed E-state index contributed by atoms with van der Waals surface area (Å²) in [7, 11) is 0.560. The summed E-state index contributed by atoms with van der Waals surface area (Å²) in [6.45, 7) is 2.61. The largest absolute Gasteiger partial charge is 0.480 e. The number of likely N-dealkylation sites (tertiary alicyclic amines) is 1.